The quantitative estimate of drug-likeness (QED) is 0.775. The number of rotatable bonds is 4. The Morgan fingerprint density at radius 3 is 1.60 bits per heavy atom. The van der Waals surface area contributed by atoms with Crippen molar-refractivity contribution in [1.29, 1.82) is 0 Å². The average Bonchev–Trinajstić information content (AvgIpc) is 2.45. The van der Waals surface area contributed by atoms with E-state index >= 15 is 0 Å². The number of hydrogen-bond donors (Lipinski definition) is 0. The molecule has 0 aromatic heterocycles. The molecule has 2 aromatic carbocycles. The molecule has 2 rings (SSSR count). The molecule has 0 amide bonds. The number of carbonyl (C=O) groups is 1. The minimum Gasteiger partial charge on any atom is -0.299 e. The third-order valence-electron chi connectivity index (χ3n) is 3.63. The van der Waals surface area contributed by atoms with Crippen LogP contribution in [-0.2, 0) is 4.79 Å². The van der Waals surface area contributed by atoms with Crippen LogP contribution in [0.15, 0.2) is 60.7 Å². The number of hydrogen-bond acceptors (Lipinski definition) is 1. The summed E-state index contributed by atoms with van der Waals surface area (Å²) in [6.07, 6.45) is 0.553. The van der Waals surface area contributed by atoms with Gasteiger partial charge in [0.1, 0.15) is 5.78 Å². The van der Waals surface area contributed by atoms with E-state index in [-0.39, 0.29) is 11.3 Å². The Bertz CT molecular complexity index is 510. The number of ketones is 1. The maximum atomic E-state index is 12.4. The summed E-state index contributed by atoms with van der Waals surface area (Å²) in [5.74, 6) is 0.444. The SMILES string of the molecule is CC(C)(C)C(=O)CC(c1ccccc1)c1ccccc1. The highest BCUT2D eigenvalue weighted by molar-refractivity contribution is 5.84. The zero-order valence-electron chi connectivity index (χ0n) is 12.5. The molecule has 0 aliphatic carbocycles. The third-order valence-corrected chi connectivity index (χ3v) is 3.63. The molecule has 104 valence electrons. The van der Waals surface area contributed by atoms with Gasteiger partial charge in [-0.05, 0) is 11.1 Å². The highest BCUT2D eigenvalue weighted by atomic mass is 16.1. The largest absolute Gasteiger partial charge is 0.299 e. The molecular formula is C19H22O. The van der Waals surface area contributed by atoms with Crippen LogP contribution in [0.2, 0.25) is 0 Å². The average molecular weight is 266 g/mol. The predicted molar refractivity (Wildman–Crippen MR) is 83.8 cm³/mol. The number of carbonyl (C=O) groups excluding carboxylic acids is 1. The van der Waals surface area contributed by atoms with Crippen LogP contribution in [0.3, 0.4) is 0 Å². The molecule has 0 radical (unpaired) electrons. The fraction of sp³-hybridized carbons (Fsp3) is 0.316. The summed E-state index contributed by atoms with van der Waals surface area (Å²) < 4.78 is 0. The Labute approximate surface area is 121 Å². The second-order valence-corrected chi connectivity index (χ2v) is 6.25. The van der Waals surface area contributed by atoms with Crippen LogP contribution in [0.25, 0.3) is 0 Å². The third kappa shape index (κ3) is 3.57. The zero-order valence-corrected chi connectivity index (χ0v) is 12.5. The maximum absolute atomic E-state index is 12.4. The van der Waals surface area contributed by atoms with Gasteiger partial charge in [0.05, 0.1) is 0 Å². The summed E-state index contributed by atoms with van der Waals surface area (Å²) in [7, 11) is 0. The molecule has 20 heavy (non-hydrogen) atoms. The van der Waals surface area contributed by atoms with E-state index in [1.165, 1.54) is 11.1 Å². The van der Waals surface area contributed by atoms with E-state index in [9.17, 15) is 4.79 Å². The van der Waals surface area contributed by atoms with Crippen LogP contribution < -0.4 is 0 Å². The van der Waals surface area contributed by atoms with Crippen molar-refractivity contribution >= 4 is 5.78 Å². The van der Waals surface area contributed by atoms with Gasteiger partial charge in [0.25, 0.3) is 0 Å². The van der Waals surface area contributed by atoms with Crippen LogP contribution in [0.5, 0.6) is 0 Å². The molecule has 0 atom stereocenters. The first-order valence-corrected chi connectivity index (χ1v) is 7.11. The first kappa shape index (κ1) is 14.5. The molecular weight excluding hydrogens is 244 g/mol. The van der Waals surface area contributed by atoms with E-state index in [0.717, 1.165) is 0 Å². The molecule has 0 saturated heterocycles. The minimum absolute atomic E-state index is 0.143. The summed E-state index contributed by atoms with van der Waals surface area (Å²) in [5.41, 5.74) is 2.12. The summed E-state index contributed by atoms with van der Waals surface area (Å²) >= 11 is 0. The molecule has 1 nitrogen and oxygen atoms in total. The van der Waals surface area contributed by atoms with Gasteiger partial charge < -0.3 is 0 Å². The Hall–Kier alpha value is -1.89. The smallest absolute Gasteiger partial charge is 0.139 e. The molecule has 0 bridgehead atoms. The monoisotopic (exact) mass is 266 g/mol. The fourth-order valence-electron chi connectivity index (χ4n) is 2.29. The molecule has 0 unspecified atom stereocenters. The molecule has 1 heteroatoms. The van der Waals surface area contributed by atoms with Crippen LogP contribution >= 0.6 is 0 Å². The van der Waals surface area contributed by atoms with Gasteiger partial charge in [-0.1, -0.05) is 81.4 Å². The van der Waals surface area contributed by atoms with E-state index in [2.05, 4.69) is 24.3 Å². The van der Waals surface area contributed by atoms with E-state index < -0.39 is 0 Å². The topological polar surface area (TPSA) is 17.1 Å². The Kier molecular flexibility index (Phi) is 4.39. The highest BCUT2D eigenvalue weighted by Gasteiger charge is 2.26. The summed E-state index contributed by atoms with van der Waals surface area (Å²) in [4.78, 5) is 12.4. The van der Waals surface area contributed by atoms with Crippen LogP contribution in [0, 0.1) is 5.41 Å². The van der Waals surface area contributed by atoms with Gasteiger partial charge in [0.15, 0.2) is 0 Å². The first-order chi connectivity index (χ1) is 9.48. The Morgan fingerprint density at radius 1 is 0.850 bits per heavy atom. The maximum Gasteiger partial charge on any atom is 0.139 e. The van der Waals surface area contributed by atoms with E-state index in [1.54, 1.807) is 0 Å². The predicted octanol–water partition coefficient (Wildman–Crippen LogP) is 4.82. The van der Waals surface area contributed by atoms with Gasteiger partial charge in [-0.3, -0.25) is 4.79 Å². The molecule has 0 heterocycles. The number of Topliss-reactive ketones (excluding diaryl/α,β-unsaturated/α-hetero) is 1. The molecule has 0 spiro atoms. The van der Waals surface area contributed by atoms with Crippen LogP contribution in [-0.4, -0.2) is 5.78 Å². The lowest BCUT2D eigenvalue weighted by molar-refractivity contribution is -0.126. The Morgan fingerprint density at radius 2 is 1.25 bits per heavy atom. The lowest BCUT2D eigenvalue weighted by Gasteiger charge is -2.23. The standard InChI is InChI=1S/C19H22O/c1-19(2,3)18(20)14-17(15-10-6-4-7-11-15)16-12-8-5-9-13-16/h4-13,17H,14H2,1-3H3. The van der Waals surface area contributed by atoms with Gasteiger partial charge in [-0.15, -0.1) is 0 Å². The second-order valence-electron chi connectivity index (χ2n) is 6.25. The molecule has 0 aliphatic rings. The van der Waals surface area contributed by atoms with Gasteiger partial charge in [-0.25, -0.2) is 0 Å². The van der Waals surface area contributed by atoms with Gasteiger partial charge >= 0.3 is 0 Å². The van der Waals surface area contributed by atoms with Crippen LogP contribution in [0.4, 0.5) is 0 Å². The summed E-state index contributed by atoms with van der Waals surface area (Å²) in [6, 6.07) is 20.6. The minimum atomic E-state index is -0.290. The first-order valence-electron chi connectivity index (χ1n) is 7.11. The fourth-order valence-corrected chi connectivity index (χ4v) is 2.29. The van der Waals surface area contributed by atoms with Gasteiger partial charge in [-0.2, -0.15) is 0 Å². The lowest BCUT2D eigenvalue weighted by Crippen LogP contribution is -2.22. The zero-order chi connectivity index (χ0) is 14.6. The van der Waals surface area contributed by atoms with Crippen molar-refractivity contribution in [2.24, 2.45) is 5.41 Å². The molecule has 0 saturated carbocycles. The van der Waals surface area contributed by atoms with E-state index in [4.69, 9.17) is 0 Å². The summed E-state index contributed by atoms with van der Waals surface area (Å²) in [5, 5.41) is 0. The highest BCUT2D eigenvalue weighted by Crippen LogP contribution is 2.31. The molecule has 2 aromatic rings. The van der Waals surface area contributed by atoms with Crippen molar-refractivity contribution in [2.45, 2.75) is 33.1 Å². The van der Waals surface area contributed by atoms with Crippen molar-refractivity contribution in [1.82, 2.24) is 0 Å². The van der Waals surface area contributed by atoms with Crippen molar-refractivity contribution in [2.75, 3.05) is 0 Å². The van der Waals surface area contributed by atoms with Gasteiger partial charge in [0.2, 0.25) is 0 Å². The molecule has 0 N–H and O–H groups in total. The van der Waals surface area contributed by atoms with Crippen LogP contribution in [0.1, 0.15) is 44.2 Å². The lowest BCUT2D eigenvalue weighted by atomic mass is 9.80. The Balaban J connectivity index is 2.34. The van der Waals surface area contributed by atoms with Crippen molar-refractivity contribution in [3.63, 3.8) is 0 Å². The van der Waals surface area contributed by atoms with Gasteiger partial charge in [0, 0.05) is 17.8 Å². The normalized spacial score (nSPS) is 11.6. The van der Waals surface area contributed by atoms with E-state index in [0.29, 0.717) is 12.2 Å². The van der Waals surface area contributed by atoms with E-state index in [1.807, 2.05) is 57.2 Å². The molecule has 0 aliphatic heterocycles. The van der Waals surface area contributed by atoms with Crippen molar-refractivity contribution in [3.05, 3.63) is 71.8 Å². The number of benzene rings is 2. The second kappa shape index (κ2) is 6.04. The summed E-state index contributed by atoms with van der Waals surface area (Å²) in [6.45, 7) is 5.97. The molecule has 0 fully saturated rings. The van der Waals surface area contributed by atoms with Crippen molar-refractivity contribution in [3.8, 4) is 0 Å². The van der Waals surface area contributed by atoms with Crippen molar-refractivity contribution < 1.29 is 4.79 Å².